The van der Waals surface area contributed by atoms with Gasteiger partial charge in [0.25, 0.3) is 0 Å². The van der Waals surface area contributed by atoms with Gasteiger partial charge in [-0.15, -0.1) is 0 Å². The van der Waals surface area contributed by atoms with E-state index in [1.165, 1.54) is 0 Å². The Hall–Kier alpha value is -1.46. The molecule has 5 nitrogen and oxygen atoms in total. The van der Waals surface area contributed by atoms with Gasteiger partial charge in [0.05, 0.1) is 19.8 Å². The molecule has 1 aromatic rings. The molecular formula is C11H15NO4. The van der Waals surface area contributed by atoms with E-state index in [1.807, 2.05) is 0 Å². The van der Waals surface area contributed by atoms with Gasteiger partial charge in [-0.05, 0) is 6.07 Å². The molecule has 1 aliphatic rings. The third-order valence-corrected chi connectivity index (χ3v) is 2.49. The van der Waals surface area contributed by atoms with Gasteiger partial charge < -0.3 is 25.1 Å². The maximum absolute atomic E-state index is 9.06. The van der Waals surface area contributed by atoms with Crippen molar-refractivity contribution in [2.24, 2.45) is 5.73 Å². The Kier molecular flexibility index (Phi) is 3.17. The summed E-state index contributed by atoms with van der Waals surface area (Å²) in [5, 5.41) is 9.06. The van der Waals surface area contributed by atoms with E-state index in [-0.39, 0.29) is 6.61 Å². The van der Waals surface area contributed by atoms with Crippen molar-refractivity contribution in [3.8, 4) is 17.2 Å². The monoisotopic (exact) mass is 225 g/mol. The molecule has 0 unspecified atom stereocenters. The van der Waals surface area contributed by atoms with Crippen molar-refractivity contribution in [1.29, 1.82) is 0 Å². The topological polar surface area (TPSA) is 73.9 Å². The van der Waals surface area contributed by atoms with Gasteiger partial charge in [0.15, 0.2) is 11.5 Å². The number of benzene rings is 1. The normalized spacial score (nSPS) is 15.7. The highest BCUT2D eigenvalue weighted by Crippen LogP contribution is 2.38. The quantitative estimate of drug-likeness (QED) is 0.781. The molecule has 0 radical (unpaired) electrons. The molecule has 0 aromatic heterocycles. The highest BCUT2D eigenvalue weighted by Gasteiger charge is 2.19. The van der Waals surface area contributed by atoms with E-state index < -0.39 is 6.04 Å². The van der Waals surface area contributed by atoms with Crippen molar-refractivity contribution >= 4 is 0 Å². The highest BCUT2D eigenvalue weighted by atomic mass is 16.6. The number of ether oxygens (including phenoxy) is 3. The molecule has 1 aromatic carbocycles. The summed E-state index contributed by atoms with van der Waals surface area (Å²) in [6.07, 6.45) is 0. The zero-order valence-electron chi connectivity index (χ0n) is 9.10. The fourth-order valence-corrected chi connectivity index (χ4v) is 1.65. The van der Waals surface area contributed by atoms with E-state index in [2.05, 4.69) is 0 Å². The Morgan fingerprint density at radius 2 is 2.00 bits per heavy atom. The van der Waals surface area contributed by atoms with Crippen LogP contribution in [0, 0.1) is 0 Å². The van der Waals surface area contributed by atoms with Crippen LogP contribution in [0.2, 0.25) is 0 Å². The third-order valence-electron chi connectivity index (χ3n) is 2.49. The summed E-state index contributed by atoms with van der Waals surface area (Å²) < 4.78 is 16.1. The first-order chi connectivity index (χ1) is 7.76. The van der Waals surface area contributed by atoms with Crippen molar-refractivity contribution in [2.75, 3.05) is 26.9 Å². The first kappa shape index (κ1) is 11.0. The number of nitrogens with two attached hydrogens (primary N) is 1. The van der Waals surface area contributed by atoms with E-state index in [9.17, 15) is 0 Å². The van der Waals surface area contributed by atoms with E-state index in [0.29, 0.717) is 36.0 Å². The summed E-state index contributed by atoms with van der Waals surface area (Å²) in [5.74, 6) is 1.90. The maximum atomic E-state index is 9.06. The van der Waals surface area contributed by atoms with E-state index in [0.717, 1.165) is 0 Å². The highest BCUT2D eigenvalue weighted by molar-refractivity contribution is 5.52. The molecule has 16 heavy (non-hydrogen) atoms. The smallest absolute Gasteiger partial charge is 0.165 e. The summed E-state index contributed by atoms with van der Waals surface area (Å²) in [7, 11) is 1.55. The largest absolute Gasteiger partial charge is 0.496 e. The predicted molar refractivity (Wildman–Crippen MR) is 58.0 cm³/mol. The molecule has 0 saturated heterocycles. The molecule has 5 heteroatoms. The standard InChI is InChI=1S/C11H15NO4/c1-14-9-5-11-10(15-2-3-16-11)4-7(9)8(12)6-13/h4-5,8,13H,2-3,6,12H2,1H3/t8-/m1/s1. The van der Waals surface area contributed by atoms with Gasteiger partial charge in [-0.3, -0.25) is 0 Å². The Labute approximate surface area is 93.7 Å². The van der Waals surface area contributed by atoms with E-state index in [4.69, 9.17) is 25.1 Å². The van der Waals surface area contributed by atoms with Gasteiger partial charge in [0.1, 0.15) is 19.0 Å². The molecule has 1 atom stereocenters. The molecule has 1 aliphatic heterocycles. The van der Waals surface area contributed by atoms with Crippen molar-refractivity contribution in [1.82, 2.24) is 0 Å². The third kappa shape index (κ3) is 1.91. The van der Waals surface area contributed by atoms with Crippen LogP contribution in [0.3, 0.4) is 0 Å². The van der Waals surface area contributed by atoms with Gasteiger partial charge in [0.2, 0.25) is 0 Å². The summed E-state index contributed by atoms with van der Waals surface area (Å²) in [4.78, 5) is 0. The number of rotatable bonds is 3. The van der Waals surface area contributed by atoms with Crippen LogP contribution in [-0.4, -0.2) is 32.0 Å². The molecule has 0 fully saturated rings. The number of methoxy groups -OCH3 is 1. The van der Waals surface area contributed by atoms with Crippen LogP contribution in [0.1, 0.15) is 11.6 Å². The molecule has 3 N–H and O–H groups in total. The molecule has 2 rings (SSSR count). The van der Waals surface area contributed by atoms with Crippen LogP contribution in [-0.2, 0) is 0 Å². The van der Waals surface area contributed by atoms with Crippen LogP contribution in [0.15, 0.2) is 12.1 Å². The molecule has 0 spiro atoms. The minimum absolute atomic E-state index is 0.143. The first-order valence-corrected chi connectivity index (χ1v) is 5.10. The molecule has 0 saturated carbocycles. The van der Waals surface area contributed by atoms with Crippen LogP contribution in [0.25, 0.3) is 0 Å². The van der Waals surface area contributed by atoms with Gasteiger partial charge >= 0.3 is 0 Å². The summed E-state index contributed by atoms with van der Waals surface area (Å²) in [6, 6.07) is 3.01. The molecule has 0 bridgehead atoms. The fourth-order valence-electron chi connectivity index (χ4n) is 1.65. The summed E-state index contributed by atoms with van der Waals surface area (Å²) >= 11 is 0. The molecular weight excluding hydrogens is 210 g/mol. The minimum atomic E-state index is -0.481. The zero-order valence-corrected chi connectivity index (χ0v) is 9.10. The minimum Gasteiger partial charge on any atom is -0.496 e. The van der Waals surface area contributed by atoms with Crippen molar-refractivity contribution in [2.45, 2.75) is 6.04 Å². The summed E-state index contributed by atoms with van der Waals surface area (Å²) in [6.45, 7) is 0.907. The van der Waals surface area contributed by atoms with E-state index in [1.54, 1.807) is 19.2 Å². The average Bonchev–Trinajstić information content (AvgIpc) is 2.36. The van der Waals surface area contributed by atoms with Crippen LogP contribution in [0.4, 0.5) is 0 Å². The second-order valence-electron chi connectivity index (χ2n) is 3.53. The predicted octanol–water partition coefficient (Wildman–Crippen LogP) is 0.458. The molecule has 0 aliphatic carbocycles. The maximum Gasteiger partial charge on any atom is 0.165 e. The lowest BCUT2D eigenvalue weighted by Gasteiger charge is -2.22. The number of hydrogen-bond donors (Lipinski definition) is 2. The van der Waals surface area contributed by atoms with Crippen molar-refractivity contribution in [3.05, 3.63) is 17.7 Å². The lowest BCUT2D eigenvalue weighted by atomic mass is 10.1. The Morgan fingerprint density at radius 3 is 2.56 bits per heavy atom. The van der Waals surface area contributed by atoms with Crippen molar-refractivity contribution in [3.63, 3.8) is 0 Å². The Bertz CT molecular complexity index is 380. The number of aliphatic hydroxyl groups excluding tert-OH is 1. The summed E-state index contributed by atoms with van der Waals surface area (Å²) in [5.41, 5.74) is 6.49. The van der Waals surface area contributed by atoms with Crippen molar-refractivity contribution < 1.29 is 19.3 Å². The van der Waals surface area contributed by atoms with Gasteiger partial charge in [-0.1, -0.05) is 0 Å². The SMILES string of the molecule is COc1cc2c(cc1[C@H](N)CO)OCCO2. The van der Waals surface area contributed by atoms with Gasteiger partial charge in [0, 0.05) is 11.6 Å². The Balaban J connectivity index is 2.43. The van der Waals surface area contributed by atoms with Gasteiger partial charge in [-0.25, -0.2) is 0 Å². The second-order valence-corrected chi connectivity index (χ2v) is 3.53. The van der Waals surface area contributed by atoms with Crippen LogP contribution >= 0.6 is 0 Å². The lowest BCUT2D eigenvalue weighted by molar-refractivity contribution is 0.170. The molecule has 1 heterocycles. The number of aliphatic hydroxyl groups is 1. The first-order valence-electron chi connectivity index (χ1n) is 5.10. The Morgan fingerprint density at radius 1 is 1.38 bits per heavy atom. The zero-order chi connectivity index (χ0) is 11.5. The van der Waals surface area contributed by atoms with Crippen LogP contribution < -0.4 is 19.9 Å². The number of fused-ring (bicyclic) bond motifs is 1. The molecule has 88 valence electrons. The van der Waals surface area contributed by atoms with Crippen LogP contribution in [0.5, 0.6) is 17.2 Å². The number of hydrogen-bond acceptors (Lipinski definition) is 5. The second kappa shape index (κ2) is 4.59. The lowest BCUT2D eigenvalue weighted by Crippen LogP contribution is -2.19. The van der Waals surface area contributed by atoms with Gasteiger partial charge in [-0.2, -0.15) is 0 Å². The fraction of sp³-hybridized carbons (Fsp3) is 0.455. The average molecular weight is 225 g/mol. The van der Waals surface area contributed by atoms with E-state index >= 15 is 0 Å². The molecule has 0 amide bonds.